The number of carbonyl (C=O) groups excluding carboxylic acids is 1. The SMILES string of the molecule is N#Cc1ccc(C(=O)N2CCOC(c3ccccc3)C2)c(F)c1. The highest BCUT2D eigenvalue weighted by Crippen LogP contribution is 2.23. The van der Waals surface area contributed by atoms with Crippen LogP contribution in [0.4, 0.5) is 4.39 Å². The summed E-state index contributed by atoms with van der Waals surface area (Å²) in [7, 11) is 0. The number of carbonyl (C=O) groups is 1. The van der Waals surface area contributed by atoms with Crippen LogP contribution in [0.5, 0.6) is 0 Å². The summed E-state index contributed by atoms with van der Waals surface area (Å²) in [4.78, 5) is 14.1. The van der Waals surface area contributed by atoms with E-state index in [9.17, 15) is 9.18 Å². The van der Waals surface area contributed by atoms with Crippen LogP contribution in [0.2, 0.25) is 0 Å². The molecule has 0 aliphatic carbocycles. The van der Waals surface area contributed by atoms with Gasteiger partial charge in [-0.1, -0.05) is 30.3 Å². The molecule has 5 heteroatoms. The van der Waals surface area contributed by atoms with Crippen molar-refractivity contribution in [3.05, 3.63) is 71.0 Å². The molecular weight excluding hydrogens is 295 g/mol. The molecule has 1 fully saturated rings. The van der Waals surface area contributed by atoms with Gasteiger partial charge in [0.1, 0.15) is 11.9 Å². The smallest absolute Gasteiger partial charge is 0.257 e. The number of halogens is 1. The van der Waals surface area contributed by atoms with E-state index in [1.165, 1.54) is 12.1 Å². The molecule has 1 aliphatic rings. The molecule has 2 aromatic carbocycles. The molecule has 1 heterocycles. The highest BCUT2D eigenvalue weighted by atomic mass is 19.1. The van der Waals surface area contributed by atoms with Gasteiger partial charge in [0.2, 0.25) is 0 Å². The molecule has 116 valence electrons. The van der Waals surface area contributed by atoms with Crippen molar-refractivity contribution in [1.82, 2.24) is 4.90 Å². The number of rotatable bonds is 2. The van der Waals surface area contributed by atoms with Gasteiger partial charge in [-0.25, -0.2) is 4.39 Å². The Balaban J connectivity index is 1.79. The quantitative estimate of drug-likeness (QED) is 0.857. The largest absolute Gasteiger partial charge is 0.370 e. The maximum atomic E-state index is 14.0. The number of morpholine rings is 1. The van der Waals surface area contributed by atoms with Crippen molar-refractivity contribution in [2.75, 3.05) is 19.7 Å². The first-order chi connectivity index (χ1) is 11.2. The summed E-state index contributed by atoms with van der Waals surface area (Å²) < 4.78 is 19.7. The number of benzene rings is 2. The van der Waals surface area contributed by atoms with Crippen LogP contribution >= 0.6 is 0 Å². The zero-order valence-electron chi connectivity index (χ0n) is 12.4. The normalized spacial score (nSPS) is 17.6. The summed E-state index contributed by atoms with van der Waals surface area (Å²) >= 11 is 0. The fraction of sp³-hybridized carbons (Fsp3) is 0.222. The van der Waals surface area contributed by atoms with E-state index in [0.717, 1.165) is 11.6 Å². The van der Waals surface area contributed by atoms with E-state index >= 15 is 0 Å². The Kier molecular flexibility index (Phi) is 4.35. The highest BCUT2D eigenvalue weighted by Gasteiger charge is 2.27. The van der Waals surface area contributed by atoms with Gasteiger partial charge in [0.25, 0.3) is 5.91 Å². The third-order valence-corrected chi connectivity index (χ3v) is 3.85. The molecule has 0 radical (unpaired) electrons. The fourth-order valence-electron chi connectivity index (χ4n) is 2.63. The van der Waals surface area contributed by atoms with Gasteiger partial charge >= 0.3 is 0 Å². The first-order valence-corrected chi connectivity index (χ1v) is 7.34. The fourth-order valence-corrected chi connectivity index (χ4v) is 2.63. The number of nitriles is 1. The van der Waals surface area contributed by atoms with Crippen LogP contribution in [-0.4, -0.2) is 30.5 Å². The lowest BCUT2D eigenvalue weighted by Gasteiger charge is -2.33. The molecule has 23 heavy (non-hydrogen) atoms. The molecule has 1 saturated heterocycles. The maximum Gasteiger partial charge on any atom is 0.257 e. The molecule has 4 nitrogen and oxygen atoms in total. The lowest BCUT2D eigenvalue weighted by molar-refractivity contribution is -0.0229. The summed E-state index contributed by atoms with van der Waals surface area (Å²) in [5.41, 5.74) is 1.17. The van der Waals surface area contributed by atoms with Crippen LogP contribution in [-0.2, 0) is 4.74 Å². The minimum absolute atomic E-state index is 0.0160. The van der Waals surface area contributed by atoms with E-state index in [4.69, 9.17) is 10.00 Å². The molecule has 0 spiro atoms. The lowest BCUT2D eigenvalue weighted by atomic mass is 10.1. The molecule has 0 N–H and O–H groups in total. The Morgan fingerprint density at radius 2 is 2.04 bits per heavy atom. The second-order valence-corrected chi connectivity index (χ2v) is 5.33. The lowest BCUT2D eigenvalue weighted by Crippen LogP contribution is -2.42. The van der Waals surface area contributed by atoms with E-state index < -0.39 is 5.82 Å². The number of nitrogens with zero attached hydrogens (tertiary/aromatic N) is 2. The van der Waals surface area contributed by atoms with Gasteiger partial charge in [-0.3, -0.25) is 4.79 Å². The summed E-state index contributed by atoms with van der Waals surface area (Å²) in [5.74, 6) is -1.05. The summed E-state index contributed by atoms with van der Waals surface area (Å²) in [5, 5.41) is 8.77. The molecule has 3 rings (SSSR count). The molecule has 0 aromatic heterocycles. The van der Waals surface area contributed by atoms with Crippen molar-refractivity contribution in [3.8, 4) is 6.07 Å². The average Bonchev–Trinajstić information content (AvgIpc) is 2.62. The van der Waals surface area contributed by atoms with Crippen LogP contribution in [0.1, 0.15) is 27.6 Å². The highest BCUT2D eigenvalue weighted by molar-refractivity contribution is 5.94. The van der Waals surface area contributed by atoms with Crippen LogP contribution in [0, 0.1) is 17.1 Å². The Morgan fingerprint density at radius 3 is 2.74 bits per heavy atom. The van der Waals surface area contributed by atoms with Gasteiger partial charge in [-0.2, -0.15) is 5.26 Å². The molecule has 2 aromatic rings. The zero-order chi connectivity index (χ0) is 16.2. The zero-order valence-corrected chi connectivity index (χ0v) is 12.4. The van der Waals surface area contributed by atoms with E-state index in [-0.39, 0.29) is 23.1 Å². The van der Waals surface area contributed by atoms with Crippen molar-refractivity contribution < 1.29 is 13.9 Å². The minimum Gasteiger partial charge on any atom is -0.370 e. The second-order valence-electron chi connectivity index (χ2n) is 5.33. The maximum absolute atomic E-state index is 14.0. The molecular formula is C18H15FN2O2. The second kappa shape index (κ2) is 6.59. The molecule has 0 bridgehead atoms. The molecule has 1 atom stereocenters. The Bertz CT molecular complexity index is 755. The number of amides is 1. The number of hydrogen-bond donors (Lipinski definition) is 0. The van der Waals surface area contributed by atoms with Crippen molar-refractivity contribution in [2.24, 2.45) is 0 Å². The van der Waals surface area contributed by atoms with Gasteiger partial charge in [-0.15, -0.1) is 0 Å². The Morgan fingerprint density at radius 1 is 1.26 bits per heavy atom. The Hall–Kier alpha value is -2.71. The summed E-state index contributed by atoms with van der Waals surface area (Å²) in [6, 6.07) is 15.4. The number of hydrogen-bond acceptors (Lipinski definition) is 3. The first-order valence-electron chi connectivity index (χ1n) is 7.34. The van der Waals surface area contributed by atoms with E-state index in [0.29, 0.717) is 19.7 Å². The van der Waals surface area contributed by atoms with Crippen molar-refractivity contribution >= 4 is 5.91 Å². The predicted octanol–water partition coefficient (Wildman–Crippen LogP) is 2.91. The van der Waals surface area contributed by atoms with Gasteiger partial charge in [-0.05, 0) is 23.8 Å². The van der Waals surface area contributed by atoms with E-state index in [1.54, 1.807) is 4.90 Å². The van der Waals surface area contributed by atoms with E-state index in [2.05, 4.69) is 0 Å². The third kappa shape index (κ3) is 3.22. The summed E-state index contributed by atoms with van der Waals surface area (Å²) in [6.45, 7) is 1.20. The van der Waals surface area contributed by atoms with Gasteiger partial charge in [0.05, 0.1) is 30.3 Å². The number of ether oxygens (including phenoxy) is 1. The molecule has 1 unspecified atom stereocenters. The van der Waals surface area contributed by atoms with Crippen molar-refractivity contribution in [3.63, 3.8) is 0 Å². The average molecular weight is 310 g/mol. The van der Waals surface area contributed by atoms with Crippen molar-refractivity contribution in [1.29, 1.82) is 5.26 Å². The van der Waals surface area contributed by atoms with E-state index in [1.807, 2.05) is 36.4 Å². The molecule has 0 saturated carbocycles. The van der Waals surface area contributed by atoms with Crippen LogP contribution in [0.3, 0.4) is 0 Å². The van der Waals surface area contributed by atoms with Gasteiger partial charge < -0.3 is 9.64 Å². The monoisotopic (exact) mass is 310 g/mol. The minimum atomic E-state index is -0.670. The van der Waals surface area contributed by atoms with Crippen LogP contribution in [0.25, 0.3) is 0 Å². The Labute approximate surface area is 133 Å². The molecule has 1 aliphatic heterocycles. The van der Waals surface area contributed by atoms with Gasteiger partial charge in [0.15, 0.2) is 0 Å². The predicted molar refractivity (Wildman–Crippen MR) is 82.2 cm³/mol. The summed E-state index contributed by atoms with van der Waals surface area (Å²) in [6.07, 6.45) is -0.213. The standard InChI is InChI=1S/C18H15FN2O2/c19-16-10-13(11-20)6-7-15(16)18(22)21-8-9-23-17(12-21)14-4-2-1-3-5-14/h1-7,10,17H,8-9,12H2. The van der Waals surface area contributed by atoms with Gasteiger partial charge in [0, 0.05) is 6.54 Å². The topological polar surface area (TPSA) is 53.3 Å². The van der Waals surface area contributed by atoms with Crippen molar-refractivity contribution in [2.45, 2.75) is 6.10 Å². The van der Waals surface area contributed by atoms with Crippen LogP contribution in [0.15, 0.2) is 48.5 Å². The first kappa shape index (κ1) is 15.2. The third-order valence-electron chi connectivity index (χ3n) is 3.85. The molecule has 1 amide bonds. The van der Waals surface area contributed by atoms with Crippen LogP contribution < -0.4 is 0 Å².